The Morgan fingerprint density at radius 3 is 2.84 bits per heavy atom. The number of rotatable bonds is 9. The van der Waals surface area contributed by atoms with Crippen LogP contribution in [0.1, 0.15) is 54.4 Å². The van der Waals surface area contributed by atoms with Gasteiger partial charge in [0.05, 0.1) is 12.3 Å². The third-order valence-corrected chi connectivity index (χ3v) is 6.55. The molecule has 0 unspecified atom stereocenters. The summed E-state index contributed by atoms with van der Waals surface area (Å²) in [6, 6.07) is 7.70. The van der Waals surface area contributed by atoms with E-state index in [1.165, 1.54) is 31.0 Å². The summed E-state index contributed by atoms with van der Waals surface area (Å²) < 4.78 is 1.88. The number of carbonyl (C=O) groups is 2. The van der Waals surface area contributed by atoms with Gasteiger partial charge >= 0.3 is 0 Å². The normalized spacial score (nSPS) is 18.4. The van der Waals surface area contributed by atoms with Gasteiger partial charge in [-0.15, -0.1) is 16.8 Å². The van der Waals surface area contributed by atoms with E-state index in [1.54, 1.807) is 12.1 Å². The second-order valence-corrected chi connectivity index (χ2v) is 9.02. The van der Waals surface area contributed by atoms with Crippen LogP contribution in [0.25, 0.3) is 0 Å². The minimum absolute atomic E-state index is 0.0196. The molecule has 1 fully saturated rings. The van der Waals surface area contributed by atoms with Crippen molar-refractivity contribution >= 4 is 23.6 Å². The van der Waals surface area contributed by atoms with Crippen LogP contribution in [0.2, 0.25) is 0 Å². The predicted octanol–water partition coefficient (Wildman–Crippen LogP) is 3.49. The molecule has 1 aliphatic rings. The molecule has 166 valence electrons. The van der Waals surface area contributed by atoms with E-state index in [0.29, 0.717) is 29.0 Å². The monoisotopic (exact) mass is 441 g/mol. The van der Waals surface area contributed by atoms with Gasteiger partial charge in [0.15, 0.2) is 11.0 Å². The maximum absolute atomic E-state index is 12.4. The van der Waals surface area contributed by atoms with Gasteiger partial charge in [-0.2, -0.15) is 0 Å². The molecule has 2 N–H and O–H groups in total. The van der Waals surface area contributed by atoms with E-state index in [0.717, 1.165) is 12.0 Å². The number of thioether (sulfide) groups is 1. The second kappa shape index (κ2) is 11.1. The number of hydrogen-bond acceptors (Lipinski definition) is 5. The van der Waals surface area contributed by atoms with Gasteiger partial charge in [-0.1, -0.05) is 55.3 Å². The van der Waals surface area contributed by atoms with Crippen LogP contribution in [0.3, 0.4) is 0 Å². The highest BCUT2D eigenvalue weighted by Gasteiger charge is 2.23. The molecule has 7 nitrogen and oxygen atoms in total. The summed E-state index contributed by atoms with van der Waals surface area (Å²) >= 11 is 1.36. The van der Waals surface area contributed by atoms with Crippen molar-refractivity contribution in [3.8, 4) is 0 Å². The van der Waals surface area contributed by atoms with Crippen LogP contribution in [0.15, 0.2) is 42.1 Å². The summed E-state index contributed by atoms with van der Waals surface area (Å²) in [5.41, 5.74) is 1.64. The van der Waals surface area contributed by atoms with E-state index >= 15 is 0 Å². The molecule has 0 bridgehead atoms. The average molecular weight is 442 g/mol. The van der Waals surface area contributed by atoms with Crippen LogP contribution >= 0.6 is 11.8 Å². The van der Waals surface area contributed by atoms with Crippen molar-refractivity contribution in [1.29, 1.82) is 0 Å². The number of allylic oxidation sites excluding steroid dienone is 1. The summed E-state index contributed by atoms with van der Waals surface area (Å²) in [5, 5.41) is 15.2. The fraction of sp³-hybridized carbons (Fsp3) is 0.478. The zero-order valence-corrected chi connectivity index (χ0v) is 19.1. The summed E-state index contributed by atoms with van der Waals surface area (Å²) in [6.45, 7) is 8.71. The third kappa shape index (κ3) is 6.43. The van der Waals surface area contributed by atoms with E-state index in [9.17, 15) is 9.59 Å². The summed E-state index contributed by atoms with van der Waals surface area (Å²) in [4.78, 5) is 24.9. The summed E-state index contributed by atoms with van der Waals surface area (Å²) in [5.74, 6) is 1.30. The van der Waals surface area contributed by atoms with Crippen molar-refractivity contribution in [2.45, 2.75) is 63.8 Å². The fourth-order valence-corrected chi connectivity index (χ4v) is 4.60. The van der Waals surface area contributed by atoms with Crippen molar-refractivity contribution in [2.75, 3.05) is 5.75 Å². The van der Waals surface area contributed by atoms with E-state index in [4.69, 9.17) is 0 Å². The molecule has 2 atom stereocenters. The highest BCUT2D eigenvalue weighted by atomic mass is 32.2. The number of aryl methyl sites for hydroxylation is 1. The van der Waals surface area contributed by atoms with Crippen LogP contribution in [0.5, 0.6) is 0 Å². The Morgan fingerprint density at radius 1 is 1.29 bits per heavy atom. The van der Waals surface area contributed by atoms with Crippen LogP contribution in [-0.2, 0) is 17.9 Å². The number of benzene rings is 1. The summed E-state index contributed by atoms with van der Waals surface area (Å²) in [6.07, 6.45) is 6.39. The second-order valence-electron chi connectivity index (χ2n) is 8.07. The van der Waals surface area contributed by atoms with Crippen molar-refractivity contribution in [3.05, 3.63) is 53.9 Å². The van der Waals surface area contributed by atoms with E-state index < -0.39 is 0 Å². The zero-order valence-electron chi connectivity index (χ0n) is 18.3. The molecular weight excluding hydrogens is 410 g/mol. The van der Waals surface area contributed by atoms with Crippen molar-refractivity contribution in [3.63, 3.8) is 0 Å². The molecule has 0 radical (unpaired) electrons. The van der Waals surface area contributed by atoms with Gasteiger partial charge in [-0.25, -0.2) is 0 Å². The number of nitrogens with one attached hydrogen (secondary N) is 2. The molecule has 0 aliphatic heterocycles. The maximum Gasteiger partial charge on any atom is 0.251 e. The molecule has 1 saturated carbocycles. The first kappa shape index (κ1) is 23.1. The molecule has 0 spiro atoms. The Labute approximate surface area is 188 Å². The molecule has 3 rings (SSSR count). The average Bonchev–Trinajstić information content (AvgIpc) is 3.14. The SMILES string of the molecule is C=CCn1c(CNC(=O)c2cccc(C)c2)nnc1SCC(=O)N[C@@H]1CCCC[C@H]1C. The third-order valence-electron chi connectivity index (χ3n) is 5.58. The number of nitrogens with zero attached hydrogens (tertiary/aromatic N) is 3. The smallest absolute Gasteiger partial charge is 0.251 e. The molecule has 8 heteroatoms. The standard InChI is InChI=1S/C23H31N5O2S/c1-4-12-28-20(14-24-22(30)18-10-7-8-16(2)13-18)26-27-23(28)31-15-21(29)25-19-11-6-5-9-17(19)3/h4,7-8,10,13,17,19H,1,5-6,9,11-12,14-15H2,2-3H3,(H,24,30)(H,25,29)/t17-,19-/m1/s1. The first-order chi connectivity index (χ1) is 15.0. The Kier molecular flexibility index (Phi) is 8.28. The minimum atomic E-state index is -0.160. The Hall–Kier alpha value is -2.61. The Balaban J connectivity index is 1.57. The van der Waals surface area contributed by atoms with Crippen LogP contribution in [-0.4, -0.2) is 38.4 Å². The lowest BCUT2D eigenvalue weighted by molar-refractivity contribution is -0.119. The molecule has 1 heterocycles. The van der Waals surface area contributed by atoms with E-state index in [-0.39, 0.29) is 30.2 Å². The number of hydrogen-bond donors (Lipinski definition) is 2. The molecule has 31 heavy (non-hydrogen) atoms. The quantitative estimate of drug-likeness (QED) is 0.459. The molecule has 2 amide bonds. The molecule has 1 aromatic heterocycles. The van der Waals surface area contributed by atoms with Gasteiger partial charge in [0.1, 0.15) is 0 Å². The van der Waals surface area contributed by atoms with Gasteiger partial charge in [0.2, 0.25) is 5.91 Å². The predicted molar refractivity (Wildman–Crippen MR) is 123 cm³/mol. The topological polar surface area (TPSA) is 88.9 Å². The Morgan fingerprint density at radius 2 is 2.10 bits per heavy atom. The van der Waals surface area contributed by atoms with Crippen LogP contribution in [0.4, 0.5) is 0 Å². The lowest BCUT2D eigenvalue weighted by atomic mass is 9.86. The van der Waals surface area contributed by atoms with Crippen LogP contribution < -0.4 is 10.6 Å². The van der Waals surface area contributed by atoms with Gasteiger partial charge in [-0.3, -0.25) is 9.59 Å². The van der Waals surface area contributed by atoms with Gasteiger partial charge < -0.3 is 15.2 Å². The number of amides is 2. The largest absolute Gasteiger partial charge is 0.352 e. The zero-order chi connectivity index (χ0) is 22.2. The molecule has 0 saturated heterocycles. The van der Waals surface area contributed by atoms with Crippen molar-refractivity contribution in [1.82, 2.24) is 25.4 Å². The summed E-state index contributed by atoms with van der Waals surface area (Å²) in [7, 11) is 0. The van der Waals surface area contributed by atoms with Crippen LogP contribution in [0, 0.1) is 12.8 Å². The lowest BCUT2D eigenvalue weighted by Gasteiger charge is -2.29. The molecule has 1 aliphatic carbocycles. The van der Waals surface area contributed by atoms with Gasteiger partial charge in [0.25, 0.3) is 5.91 Å². The lowest BCUT2D eigenvalue weighted by Crippen LogP contribution is -2.41. The first-order valence-corrected chi connectivity index (χ1v) is 11.8. The highest BCUT2D eigenvalue weighted by Crippen LogP contribution is 2.24. The van der Waals surface area contributed by atoms with Crippen molar-refractivity contribution < 1.29 is 9.59 Å². The molecular formula is C23H31N5O2S. The number of carbonyl (C=O) groups excluding carboxylic acids is 2. The number of aromatic nitrogens is 3. The minimum Gasteiger partial charge on any atom is -0.352 e. The highest BCUT2D eigenvalue weighted by molar-refractivity contribution is 7.99. The molecule has 1 aromatic carbocycles. The van der Waals surface area contributed by atoms with Gasteiger partial charge in [-0.05, 0) is 37.8 Å². The van der Waals surface area contributed by atoms with Crippen molar-refractivity contribution in [2.24, 2.45) is 5.92 Å². The fourth-order valence-electron chi connectivity index (χ4n) is 3.83. The van der Waals surface area contributed by atoms with E-state index in [2.05, 4.69) is 34.3 Å². The maximum atomic E-state index is 12.4. The van der Waals surface area contributed by atoms with E-state index in [1.807, 2.05) is 29.7 Å². The molecule has 2 aromatic rings. The van der Waals surface area contributed by atoms with Gasteiger partial charge in [0, 0.05) is 18.2 Å². The first-order valence-electron chi connectivity index (χ1n) is 10.8. The Bertz CT molecular complexity index is 926.